The number of carbonyl (C=O) groups excluding carboxylic acids is 1. The fourth-order valence-electron chi connectivity index (χ4n) is 6.09. The molecule has 40 heavy (non-hydrogen) atoms. The summed E-state index contributed by atoms with van der Waals surface area (Å²) in [4.78, 5) is 19.6. The van der Waals surface area contributed by atoms with Crippen LogP contribution in [0, 0.1) is 23.7 Å². The van der Waals surface area contributed by atoms with Gasteiger partial charge in [0.1, 0.15) is 0 Å². The molecule has 1 amide bonds. The minimum atomic E-state index is 0. The molecule has 6 nitrogen and oxygen atoms in total. The third kappa shape index (κ3) is 6.18. The molecule has 2 N–H and O–H groups in total. The van der Waals surface area contributed by atoms with Gasteiger partial charge < -0.3 is 15.0 Å². The summed E-state index contributed by atoms with van der Waals surface area (Å²) < 4.78 is 1.98. The van der Waals surface area contributed by atoms with Crippen molar-refractivity contribution < 1.29 is 4.79 Å². The van der Waals surface area contributed by atoms with Gasteiger partial charge in [-0.25, -0.2) is 4.98 Å². The maximum Gasteiger partial charge on any atom is 0.223 e. The molecule has 2 aromatic carbocycles. The molecule has 0 radical (unpaired) electrons. The molecule has 4 heterocycles. The van der Waals surface area contributed by atoms with Crippen LogP contribution < -0.4 is 10.6 Å². The number of rotatable bonds is 5. The van der Waals surface area contributed by atoms with Crippen LogP contribution >= 0.6 is 12.4 Å². The highest BCUT2D eigenvalue weighted by molar-refractivity contribution is 5.91. The third-order valence-electron chi connectivity index (χ3n) is 8.54. The van der Waals surface area contributed by atoms with Gasteiger partial charge in [-0.3, -0.25) is 9.69 Å². The topological polar surface area (TPSA) is 61.7 Å². The Morgan fingerprint density at radius 1 is 1.05 bits per heavy atom. The molecule has 208 valence electrons. The minimum absolute atomic E-state index is 0. The molecule has 0 spiro atoms. The first-order chi connectivity index (χ1) is 19.2. The molecule has 7 heteroatoms. The van der Waals surface area contributed by atoms with Crippen molar-refractivity contribution in [3.8, 4) is 11.8 Å². The van der Waals surface area contributed by atoms with Crippen LogP contribution in [-0.2, 0) is 11.3 Å². The van der Waals surface area contributed by atoms with Crippen LogP contribution in [0.3, 0.4) is 0 Å². The molecule has 1 unspecified atom stereocenters. The maximum absolute atomic E-state index is 13.0. The lowest BCUT2D eigenvalue weighted by Crippen LogP contribution is -2.41. The SMILES string of the molecule is CC(c1ccc(C#CC2CCNCC2)c2ccccc12)N1CCC(C(=O)NCc2ccc3cncn3c2)CC1.Cl. The van der Waals surface area contributed by atoms with Gasteiger partial charge in [0.2, 0.25) is 5.91 Å². The predicted molar refractivity (Wildman–Crippen MR) is 163 cm³/mol. The van der Waals surface area contributed by atoms with E-state index < -0.39 is 0 Å². The van der Waals surface area contributed by atoms with E-state index in [1.807, 2.05) is 22.9 Å². The minimum Gasteiger partial charge on any atom is -0.352 e. The second-order valence-electron chi connectivity index (χ2n) is 11.0. The number of benzene rings is 2. The molecular weight excluding hydrogens is 518 g/mol. The van der Waals surface area contributed by atoms with Crippen molar-refractivity contribution in [2.45, 2.75) is 45.2 Å². The maximum atomic E-state index is 13.0. The van der Waals surface area contributed by atoms with Gasteiger partial charge >= 0.3 is 0 Å². The van der Waals surface area contributed by atoms with Gasteiger partial charge in [-0.2, -0.15) is 0 Å². The summed E-state index contributed by atoms with van der Waals surface area (Å²) >= 11 is 0. The van der Waals surface area contributed by atoms with E-state index in [9.17, 15) is 4.79 Å². The number of hydrogen-bond donors (Lipinski definition) is 2. The molecule has 1 atom stereocenters. The first-order valence-electron chi connectivity index (χ1n) is 14.3. The monoisotopic (exact) mass is 555 g/mol. The van der Waals surface area contributed by atoms with E-state index in [1.54, 1.807) is 6.33 Å². The average Bonchev–Trinajstić information content (AvgIpc) is 3.47. The quantitative estimate of drug-likeness (QED) is 0.326. The van der Waals surface area contributed by atoms with E-state index in [1.165, 1.54) is 16.3 Å². The highest BCUT2D eigenvalue weighted by atomic mass is 35.5. The first-order valence-corrected chi connectivity index (χ1v) is 14.3. The smallest absolute Gasteiger partial charge is 0.223 e. The van der Waals surface area contributed by atoms with Crippen molar-refractivity contribution in [3.63, 3.8) is 0 Å². The summed E-state index contributed by atoms with van der Waals surface area (Å²) in [6.45, 7) is 6.82. The van der Waals surface area contributed by atoms with Crippen molar-refractivity contribution >= 4 is 34.6 Å². The summed E-state index contributed by atoms with van der Waals surface area (Å²) in [5, 5.41) is 9.11. The van der Waals surface area contributed by atoms with E-state index in [4.69, 9.17) is 0 Å². The number of nitrogens with one attached hydrogen (secondary N) is 2. The van der Waals surface area contributed by atoms with E-state index in [0.29, 0.717) is 12.5 Å². The summed E-state index contributed by atoms with van der Waals surface area (Å²) in [5.41, 5.74) is 4.60. The highest BCUT2D eigenvalue weighted by Crippen LogP contribution is 2.32. The molecule has 2 fully saturated rings. The zero-order chi connectivity index (χ0) is 26.6. The molecule has 2 aliphatic heterocycles. The largest absolute Gasteiger partial charge is 0.352 e. The van der Waals surface area contributed by atoms with Crippen LogP contribution in [0.1, 0.15) is 55.3 Å². The van der Waals surface area contributed by atoms with Gasteiger partial charge in [0.05, 0.1) is 18.0 Å². The molecule has 6 rings (SSSR count). The Morgan fingerprint density at radius 3 is 2.62 bits per heavy atom. The predicted octanol–water partition coefficient (Wildman–Crippen LogP) is 5.35. The van der Waals surface area contributed by atoms with Crippen LogP contribution in [0.4, 0.5) is 0 Å². The Morgan fingerprint density at radius 2 is 1.82 bits per heavy atom. The number of carbonyl (C=O) groups is 1. The Bertz CT molecular complexity index is 1520. The number of pyridine rings is 1. The van der Waals surface area contributed by atoms with Crippen molar-refractivity contribution in [1.29, 1.82) is 0 Å². The van der Waals surface area contributed by atoms with Gasteiger partial charge in [0.25, 0.3) is 0 Å². The molecule has 2 saturated heterocycles. The molecular formula is C33H38ClN5O. The van der Waals surface area contributed by atoms with Gasteiger partial charge in [-0.05, 0) is 92.8 Å². The molecule has 2 aromatic heterocycles. The van der Waals surface area contributed by atoms with E-state index >= 15 is 0 Å². The highest BCUT2D eigenvalue weighted by Gasteiger charge is 2.28. The third-order valence-corrected chi connectivity index (χ3v) is 8.54. The molecule has 2 aliphatic rings. The summed E-state index contributed by atoms with van der Waals surface area (Å²) in [7, 11) is 0. The van der Waals surface area contributed by atoms with Crippen molar-refractivity contribution in [1.82, 2.24) is 24.9 Å². The van der Waals surface area contributed by atoms with Crippen LogP contribution in [-0.4, -0.2) is 46.4 Å². The summed E-state index contributed by atoms with van der Waals surface area (Å²) in [5.74, 6) is 7.77. The molecule has 0 bridgehead atoms. The van der Waals surface area contributed by atoms with E-state index in [2.05, 4.69) is 81.7 Å². The molecule has 0 saturated carbocycles. The normalized spacial score (nSPS) is 17.6. The summed E-state index contributed by atoms with van der Waals surface area (Å²) in [6.07, 6.45) is 9.69. The van der Waals surface area contributed by atoms with Crippen molar-refractivity contribution in [2.24, 2.45) is 11.8 Å². The number of likely N-dealkylation sites (tertiary alicyclic amines) is 1. The standard InChI is InChI=1S/C33H37N5O.ClH/c1-24(30-11-9-27(31-4-2-3-5-32(30)31)8-6-25-12-16-34-17-13-25)37-18-14-28(15-19-37)33(39)36-20-26-7-10-29-21-35-23-38(29)22-26;/h2-5,7,9-11,21-25,28,34H,12-20H2,1H3,(H,36,39);1H. The van der Waals surface area contributed by atoms with E-state index in [-0.39, 0.29) is 30.3 Å². The van der Waals surface area contributed by atoms with Gasteiger partial charge in [0, 0.05) is 36.2 Å². The number of nitrogens with zero attached hydrogens (tertiary/aromatic N) is 3. The Labute approximate surface area is 243 Å². The zero-order valence-electron chi connectivity index (χ0n) is 23.1. The van der Waals surface area contributed by atoms with Crippen LogP contribution in [0.25, 0.3) is 16.3 Å². The second kappa shape index (κ2) is 12.9. The Kier molecular flexibility index (Phi) is 9.06. The number of piperidine rings is 2. The lowest BCUT2D eigenvalue weighted by Gasteiger charge is -2.36. The number of halogens is 1. The summed E-state index contributed by atoms with van der Waals surface area (Å²) in [6, 6.07) is 17.5. The number of aromatic nitrogens is 2. The second-order valence-corrected chi connectivity index (χ2v) is 11.0. The fourth-order valence-corrected chi connectivity index (χ4v) is 6.09. The first kappa shape index (κ1) is 28.2. The van der Waals surface area contributed by atoms with Gasteiger partial charge in [0.15, 0.2) is 0 Å². The molecule has 0 aliphatic carbocycles. The van der Waals surface area contributed by atoms with Crippen LogP contribution in [0.5, 0.6) is 0 Å². The van der Waals surface area contributed by atoms with Gasteiger partial charge in [-0.1, -0.05) is 48.2 Å². The lowest BCUT2D eigenvalue weighted by atomic mass is 9.91. The van der Waals surface area contributed by atoms with Crippen LogP contribution in [0.2, 0.25) is 0 Å². The van der Waals surface area contributed by atoms with Crippen molar-refractivity contribution in [3.05, 3.63) is 83.9 Å². The Balaban J connectivity index is 0.00000323. The number of hydrogen-bond acceptors (Lipinski definition) is 4. The van der Waals surface area contributed by atoms with Gasteiger partial charge in [-0.15, -0.1) is 12.4 Å². The Hall–Kier alpha value is -3.37. The number of amides is 1. The zero-order valence-corrected chi connectivity index (χ0v) is 23.9. The number of fused-ring (bicyclic) bond motifs is 2. The molecule has 4 aromatic rings. The van der Waals surface area contributed by atoms with Crippen molar-refractivity contribution in [2.75, 3.05) is 26.2 Å². The number of imidazole rings is 1. The van der Waals surface area contributed by atoms with Crippen LogP contribution in [0.15, 0.2) is 67.3 Å². The average molecular weight is 556 g/mol. The fraction of sp³-hybridized carbons (Fsp3) is 0.394. The lowest BCUT2D eigenvalue weighted by molar-refractivity contribution is -0.126. The van der Waals surface area contributed by atoms with E-state index in [0.717, 1.165) is 68.5 Å².